The van der Waals surface area contributed by atoms with Crippen molar-refractivity contribution in [3.05, 3.63) is 83.8 Å². The molecule has 7 nitrogen and oxygen atoms in total. The Morgan fingerprint density at radius 3 is 2.09 bits per heavy atom. The van der Waals surface area contributed by atoms with Gasteiger partial charge in [-0.3, -0.25) is 9.59 Å². The van der Waals surface area contributed by atoms with Gasteiger partial charge in [-0.25, -0.2) is 0 Å². The maximum Gasteiger partial charge on any atom is 0.262 e. The van der Waals surface area contributed by atoms with Gasteiger partial charge in [-0.05, 0) is 43.7 Å². The van der Waals surface area contributed by atoms with Crippen LogP contribution in [0, 0.1) is 0 Å². The number of methoxy groups -OCH3 is 2. The van der Waals surface area contributed by atoms with E-state index >= 15 is 0 Å². The molecule has 0 aliphatic heterocycles. The van der Waals surface area contributed by atoms with Crippen LogP contribution in [-0.4, -0.2) is 48.4 Å². The molecule has 3 aromatic rings. The number of benzene rings is 2. The second kappa shape index (κ2) is 11.2. The standard InChI is InChI=1S/C26H30N2O5/c1-19(2)28(26(30)25-22(31-3)13-8-14-23(25)32-4)18-24(29)27(17-21-12-9-15-33-21)16-20-10-6-5-7-11-20/h5-15,19H,16-18H2,1-4H3. The number of hydrogen-bond donors (Lipinski definition) is 0. The van der Waals surface area contributed by atoms with Gasteiger partial charge in [0.1, 0.15) is 29.4 Å². The van der Waals surface area contributed by atoms with Gasteiger partial charge in [-0.15, -0.1) is 0 Å². The van der Waals surface area contributed by atoms with Gasteiger partial charge in [0.25, 0.3) is 5.91 Å². The van der Waals surface area contributed by atoms with Crippen molar-refractivity contribution in [1.82, 2.24) is 9.80 Å². The lowest BCUT2D eigenvalue weighted by atomic mass is 10.1. The quantitative estimate of drug-likeness (QED) is 0.459. The summed E-state index contributed by atoms with van der Waals surface area (Å²) in [5.74, 6) is 0.952. The molecule has 174 valence electrons. The van der Waals surface area contributed by atoms with E-state index in [-0.39, 0.29) is 24.4 Å². The third-order valence-corrected chi connectivity index (χ3v) is 5.33. The molecule has 2 aromatic carbocycles. The number of amides is 2. The molecule has 0 N–H and O–H groups in total. The van der Waals surface area contributed by atoms with Crippen molar-refractivity contribution in [3.63, 3.8) is 0 Å². The van der Waals surface area contributed by atoms with Crippen LogP contribution in [0.5, 0.6) is 11.5 Å². The zero-order valence-corrected chi connectivity index (χ0v) is 19.5. The lowest BCUT2D eigenvalue weighted by Crippen LogP contribution is -2.45. The van der Waals surface area contributed by atoms with Crippen LogP contribution in [0.1, 0.15) is 35.5 Å². The monoisotopic (exact) mass is 450 g/mol. The first-order valence-corrected chi connectivity index (χ1v) is 10.8. The predicted octanol–water partition coefficient (Wildman–Crippen LogP) is 4.38. The van der Waals surface area contributed by atoms with Gasteiger partial charge in [0.05, 0.1) is 27.0 Å². The minimum atomic E-state index is -0.328. The van der Waals surface area contributed by atoms with E-state index in [0.29, 0.717) is 35.9 Å². The van der Waals surface area contributed by atoms with Crippen LogP contribution in [0.2, 0.25) is 0 Å². The van der Waals surface area contributed by atoms with Crippen molar-refractivity contribution in [2.75, 3.05) is 20.8 Å². The van der Waals surface area contributed by atoms with Crippen molar-refractivity contribution >= 4 is 11.8 Å². The Labute approximate surface area is 194 Å². The van der Waals surface area contributed by atoms with Crippen LogP contribution >= 0.6 is 0 Å². The molecule has 0 aliphatic rings. The van der Waals surface area contributed by atoms with Crippen LogP contribution in [0.4, 0.5) is 0 Å². The minimum absolute atomic E-state index is 0.0920. The first kappa shape index (κ1) is 23.9. The van der Waals surface area contributed by atoms with Crippen LogP contribution in [0.25, 0.3) is 0 Å². The lowest BCUT2D eigenvalue weighted by Gasteiger charge is -2.30. The van der Waals surface area contributed by atoms with Crippen molar-refractivity contribution < 1.29 is 23.5 Å². The molecule has 0 unspecified atom stereocenters. The average molecular weight is 451 g/mol. The van der Waals surface area contributed by atoms with E-state index in [2.05, 4.69) is 0 Å². The van der Waals surface area contributed by atoms with E-state index in [9.17, 15) is 9.59 Å². The number of carbonyl (C=O) groups excluding carboxylic acids is 2. The molecule has 0 radical (unpaired) electrons. The molecule has 1 aromatic heterocycles. The Morgan fingerprint density at radius 1 is 0.879 bits per heavy atom. The van der Waals surface area contributed by atoms with Crippen LogP contribution < -0.4 is 9.47 Å². The average Bonchev–Trinajstić information content (AvgIpc) is 3.34. The summed E-state index contributed by atoms with van der Waals surface area (Å²) in [6, 6.07) is 18.3. The number of furan rings is 1. The first-order chi connectivity index (χ1) is 15.9. The molecule has 0 spiro atoms. The van der Waals surface area contributed by atoms with Crippen LogP contribution in [0.15, 0.2) is 71.3 Å². The fourth-order valence-electron chi connectivity index (χ4n) is 3.57. The summed E-state index contributed by atoms with van der Waals surface area (Å²) in [5, 5.41) is 0. The summed E-state index contributed by atoms with van der Waals surface area (Å²) in [4.78, 5) is 30.2. The summed E-state index contributed by atoms with van der Waals surface area (Å²) in [6.45, 7) is 4.37. The minimum Gasteiger partial charge on any atom is -0.496 e. The molecule has 0 saturated heterocycles. The number of nitrogens with zero attached hydrogens (tertiary/aromatic N) is 2. The Kier molecular flexibility index (Phi) is 8.13. The zero-order chi connectivity index (χ0) is 23.8. The largest absolute Gasteiger partial charge is 0.496 e. The first-order valence-electron chi connectivity index (χ1n) is 10.8. The molecule has 0 atom stereocenters. The highest BCUT2D eigenvalue weighted by Gasteiger charge is 2.29. The van der Waals surface area contributed by atoms with E-state index in [1.165, 1.54) is 19.1 Å². The number of rotatable bonds is 10. The molecular weight excluding hydrogens is 420 g/mol. The molecule has 2 amide bonds. The van der Waals surface area contributed by atoms with Crippen molar-refractivity contribution in [2.24, 2.45) is 0 Å². The van der Waals surface area contributed by atoms with Gasteiger partial charge >= 0.3 is 0 Å². The van der Waals surface area contributed by atoms with E-state index in [4.69, 9.17) is 13.9 Å². The van der Waals surface area contributed by atoms with Gasteiger partial charge in [0.15, 0.2) is 0 Å². The number of ether oxygens (including phenoxy) is 2. The number of hydrogen-bond acceptors (Lipinski definition) is 5. The highest BCUT2D eigenvalue weighted by Crippen LogP contribution is 2.30. The SMILES string of the molecule is COc1cccc(OC)c1C(=O)N(CC(=O)N(Cc1ccccc1)Cc1ccco1)C(C)C. The highest BCUT2D eigenvalue weighted by molar-refractivity contribution is 6.01. The topological polar surface area (TPSA) is 72.2 Å². The van der Waals surface area contributed by atoms with Gasteiger partial charge in [0.2, 0.25) is 5.91 Å². The molecule has 0 aliphatic carbocycles. The molecule has 0 saturated carbocycles. The maximum absolute atomic E-state index is 13.6. The molecule has 0 fully saturated rings. The van der Waals surface area contributed by atoms with E-state index < -0.39 is 0 Å². The fourth-order valence-corrected chi connectivity index (χ4v) is 3.57. The third kappa shape index (κ3) is 5.94. The normalized spacial score (nSPS) is 10.7. The van der Waals surface area contributed by atoms with E-state index in [1.807, 2.05) is 50.2 Å². The molecule has 3 rings (SSSR count). The number of carbonyl (C=O) groups is 2. The van der Waals surface area contributed by atoms with Crippen LogP contribution in [-0.2, 0) is 17.9 Å². The fraction of sp³-hybridized carbons (Fsp3) is 0.308. The Bertz CT molecular complexity index is 1030. The van der Waals surface area contributed by atoms with Gasteiger partial charge in [-0.1, -0.05) is 36.4 Å². The molecular formula is C26H30N2O5. The van der Waals surface area contributed by atoms with Gasteiger partial charge in [0, 0.05) is 12.6 Å². The van der Waals surface area contributed by atoms with Crippen molar-refractivity contribution in [2.45, 2.75) is 33.0 Å². The molecule has 1 heterocycles. The van der Waals surface area contributed by atoms with Gasteiger partial charge in [-0.2, -0.15) is 0 Å². The Balaban J connectivity index is 1.87. The van der Waals surface area contributed by atoms with Gasteiger partial charge < -0.3 is 23.7 Å². The van der Waals surface area contributed by atoms with Crippen molar-refractivity contribution in [3.8, 4) is 11.5 Å². The van der Waals surface area contributed by atoms with Crippen LogP contribution in [0.3, 0.4) is 0 Å². The summed E-state index contributed by atoms with van der Waals surface area (Å²) < 4.78 is 16.3. The Morgan fingerprint density at radius 2 is 1.55 bits per heavy atom. The summed E-state index contributed by atoms with van der Waals surface area (Å²) in [6.07, 6.45) is 1.58. The predicted molar refractivity (Wildman–Crippen MR) is 125 cm³/mol. The smallest absolute Gasteiger partial charge is 0.262 e. The van der Waals surface area contributed by atoms with E-state index in [0.717, 1.165) is 5.56 Å². The highest BCUT2D eigenvalue weighted by atomic mass is 16.5. The molecule has 33 heavy (non-hydrogen) atoms. The zero-order valence-electron chi connectivity index (χ0n) is 19.5. The summed E-state index contributed by atoms with van der Waals surface area (Å²) in [5.41, 5.74) is 1.29. The third-order valence-electron chi connectivity index (χ3n) is 5.33. The second-order valence-corrected chi connectivity index (χ2v) is 7.88. The summed E-state index contributed by atoms with van der Waals surface area (Å²) in [7, 11) is 3.00. The molecule has 0 bridgehead atoms. The maximum atomic E-state index is 13.6. The Hall–Kier alpha value is -3.74. The molecule has 7 heteroatoms. The summed E-state index contributed by atoms with van der Waals surface area (Å²) >= 11 is 0. The lowest BCUT2D eigenvalue weighted by molar-refractivity contribution is -0.133. The van der Waals surface area contributed by atoms with Crippen molar-refractivity contribution in [1.29, 1.82) is 0 Å². The van der Waals surface area contributed by atoms with E-state index in [1.54, 1.807) is 35.4 Å². The second-order valence-electron chi connectivity index (χ2n) is 7.88.